The Balaban J connectivity index is 1.81. The summed E-state index contributed by atoms with van der Waals surface area (Å²) in [6.07, 6.45) is 1.62. The van der Waals surface area contributed by atoms with Gasteiger partial charge in [-0.15, -0.1) is 0 Å². The molecule has 3 aromatic rings. The molecule has 104 valence electrons. The Morgan fingerprint density at radius 3 is 2.57 bits per heavy atom. The van der Waals surface area contributed by atoms with E-state index in [1.165, 1.54) is 0 Å². The van der Waals surface area contributed by atoms with Gasteiger partial charge in [-0.05, 0) is 34.5 Å². The van der Waals surface area contributed by atoms with Gasteiger partial charge < -0.3 is 11.1 Å². The number of fused-ring (bicyclic) bond motifs is 1. The number of benzene rings is 2. The maximum absolute atomic E-state index is 12.1. The molecule has 0 unspecified atom stereocenters. The number of hydrogen-bond donors (Lipinski definition) is 2. The molecule has 0 atom stereocenters. The predicted octanol–water partition coefficient (Wildman–Crippen LogP) is 2.95. The third kappa shape index (κ3) is 2.90. The molecule has 0 aliphatic carbocycles. The van der Waals surface area contributed by atoms with Gasteiger partial charge >= 0.3 is 0 Å². The molecule has 4 nitrogen and oxygen atoms in total. The lowest BCUT2D eigenvalue weighted by Gasteiger charge is -2.06. The number of aromatic nitrogens is 1. The van der Waals surface area contributed by atoms with Gasteiger partial charge in [0.05, 0.1) is 0 Å². The fourth-order valence-corrected chi connectivity index (χ4v) is 2.14. The molecule has 3 rings (SSSR count). The molecule has 4 heteroatoms. The SMILES string of the molecule is NCc1ccc(C(=O)Nc2ccc3ccccc3c2)nc1. The molecule has 0 saturated carbocycles. The van der Waals surface area contributed by atoms with E-state index in [0.717, 1.165) is 22.0 Å². The number of nitrogens with zero attached hydrogens (tertiary/aromatic N) is 1. The Bertz CT molecular complexity index is 781. The fraction of sp³-hybridized carbons (Fsp3) is 0.0588. The zero-order valence-corrected chi connectivity index (χ0v) is 11.4. The average molecular weight is 277 g/mol. The van der Waals surface area contributed by atoms with Crippen LogP contribution in [0.1, 0.15) is 16.1 Å². The molecule has 1 amide bonds. The monoisotopic (exact) mass is 277 g/mol. The summed E-state index contributed by atoms with van der Waals surface area (Å²) in [6, 6.07) is 17.3. The van der Waals surface area contributed by atoms with Gasteiger partial charge in [0, 0.05) is 18.4 Å². The van der Waals surface area contributed by atoms with Crippen molar-refractivity contribution in [2.24, 2.45) is 5.73 Å². The highest BCUT2D eigenvalue weighted by Crippen LogP contribution is 2.19. The molecule has 0 bridgehead atoms. The molecule has 0 spiro atoms. The van der Waals surface area contributed by atoms with Crippen LogP contribution in [0.2, 0.25) is 0 Å². The number of carbonyl (C=O) groups is 1. The third-order valence-electron chi connectivity index (χ3n) is 3.30. The van der Waals surface area contributed by atoms with Gasteiger partial charge in [0.1, 0.15) is 5.69 Å². The zero-order chi connectivity index (χ0) is 14.7. The summed E-state index contributed by atoms with van der Waals surface area (Å²) in [7, 11) is 0. The normalized spacial score (nSPS) is 10.5. The second-order valence-electron chi connectivity index (χ2n) is 4.77. The van der Waals surface area contributed by atoms with Crippen molar-refractivity contribution in [2.75, 3.05) is 5.32 Å². The first kappa shape index (κ1) is 13.3. The molecule has 21 heavy (non-hydrogen) atoms. The largest absolute Gasteiger partial charge is 0.326 e. The topological polar surface area (TPSA) is 68.0 Å². The maximum atomic E-state index is 12.1. The number of rotatable bonds is 3. The molecule has 0 radical (unpaired) electrons. The lowest BCUT2D eigenvalue weighted by atomic mass is 10.1. The van der Waals surface area contributed by atoms with Crippen LogP contribution in [0.25, 0.3) is 10.8 Å². The molecule has 0 aliphatic heterocycles. The van der Waals surface area contributed by atoms with Crippen LogP contribution in [-0.2, 0) is 6.54 Å². The second-order valence-corrected chi connectivity index (χ2v) is 4.77. The summed E-state index contributed by atoms with van der Waals surface area (Å²) in [5.41, 5.74) is 7.54. The van der Waals surface area contributed by atoms with Crippen molar-refractivity contribution in [1.29, 1.82) is 0 Å². The van der Waals surface area contributed by atoms with Crippen LogP contribution < -0.4 is 11.1 Å². The molecular weight excluding hydrogens is 262 g/mol. The minimum atomic E-state index is -0.228. The molecule has 3 N–H and O–H groups in total. The van der Waals surface area contributed by atoms with Crippen LogP contribution in [0.5, 0.6) is 0 Å². The Morgan fingerprint density at radius 2 is 1.86 bits per heavy atom. The highest BCUT2D eigenvalue weighted by Gasteiger charge is 2.07. The van der Waals surface area contributed by atoms with Crippen molar-refractivity contribution in [1.82, 2.24) is 4.98 Å². The van der Waals surface area contributed by atoms with Gasteiger partial charge in [0.25, 0.3) is 5.91 Å². The zero-order valence-electron chi connectivity index (χ0n) is 11.4. The number of hydrogen-bond acceptors (Lipinski definition) is 3. The Morgan fingerprint density at radius 1 is 1.05 bits per heavy atom. The minimum absolute atomic E-state index is 0.228. The van der Waals surface area contributed by atoms with Gasteiger partial charge in [-0.3, -0.25) is 9.78 Å². The van der Waals surface area contributed by atoms with E-state index in [1.807, 2.05) is 48.5 Å². The Kier molecular flexibility index (Phi) is 3.62. The van der Waals surface area contributed by atoms with Crippen LogP contribution in [0.4, 0.5) is 5.69 Å². The third-order valence-corrected chi connectivity index (χ3v) is 3.30. The molecular formula is C17H15N3O. The molecule has 0 saturated heterocycles. The number of nitrogens with two attached hydrogens (primary N) is 1. The number of pyridine rings is 1. The van der Waals surface area contributed by atoms with Crippen molar-refractivity contribution in [3.63, 3.8) is 0 Å². The molecule has 1 heterocycles. The van der Waals surface area contributed by atoms with E-state index in [9.17, 15) is 4.79 Å². The molecule has 1 aromatic heterocycles. The van der Waals surface area contributed by atoms with Crippen molar-refractivity contribution in [3.05, 3.63) is 72.1 Å². The fourth-order valence-electron chi connectivity index (χ4n) is 2.14. The Hall–Kier alpha value is -2.72. The average Bonchev–Trinajstić information content (AvgIpc) is 2.55. The van der Waals surface area contributed by atoms with E-state index in [0.29, 0.717) is 12.2 Å². The maximum Gasteiger partial charge on any atom is 0.274 e. The van der Waals surface area contributed by atoms with Crippen molar-refractivity contribution in [2.45, 2.75) is 6.54 Å². The van der Waals surface area contributed by atoms with Crippen LogP contribution in [-0.4, -0.2) is 10.9 Å². The van der Waals surface area contributed by atoms with Gasteiger partial charge in [-0.25, -0.2) is 0 Å². The van der Waals surface area contributed by atoms with Crippen LogP contribution in [0.3, 0.4) is 0 Å². The highest BCUT2D eigenvalue weighted by atomic mass is 16.1. The van der Waals surface area contributed by atoms with Crippen molar-refractivity contribution >= 4 is 22.4 Å². The molecule has 2 aromatic carbocycles. The lowest BCUT2D eigenvalue weighted by Crippen LogP contribution is -2.13. The quantitative estimate of drug-likeness (QED) is 0.773. The predicted molar refractivity (Wildman–Crippen MR) is 84.0 cm³/mol. The first-order chi connectivity index (χ1) is 10.3. The minimum Gasteiger partial charge on any atom is -0.326 e. The lowest BCUT2D eigenvalue weighted by molar-refractivity contribution is 0.102. The summed E-state index contributed by atoms with van der Waals surface area (Å²) in [5, 5.41) is 5.08. The number of amides is 1. The number of carbonyl (C=O) groups excluding carboxylic acids is 1. The van der Waals surface area contributed by atoms with E-state index in [-0.39, 0.29) is 5.91 Å². The number of nitrogens with one attached hydrogen (secondary N) is 1. The van der Waals surface area contributed by atoms with Crippen LogP contribution in [0.15, 0.2) is 60.8 Å². The Labute approximate surface area is 122 Å². The van der Waals surface area contributed by atoms with Gasteiger partial charge in [-0.2, -0.15) is 0 Å². The van der Waals surface area contributed by atoms with Crippen LogP contribution >= 0.6 is 0 Å². The highest BCUT2D eigenvalue weighted by molar-refractivity contribution is 6.03. The first-order valence-corrected chi connectivity index (χ1v) is 6.71. The standard InChI is InChI=1S/C17H15N3O/c18-10-12-5-8-16(19-11-12)17(21)20-15-7-6-13-3-1-2-4-14(13)9-15/h1-9,11H,10,18H2,(H,20,21). The van der Waals surface area contributed by atoms with Crippen molar-refractivity contribution < 1.29 is 4.79 Å². The van der Waals surface area contributed by atoms with Crippen LogP contribution in [0, 0.1) is 0 Å². The summed E-state index contributed by atoms with van der Waals surface area (Å²) in [5.74, 6) is -0.228. The first-order valence-electron chi connectivity index (χ1n) is 6.71. The smallest absolute Gasteiger partial charge is 0.274 e. The summed E-state index contributed by atoms with van der Waals surface area (Å²) < 4.78 is 0. The summed E-state index contributed by atoms with van der Waals surface area (Å²) in [6.45, 7) is 0.416. The van der Waals surface area contributed by atoms with E-state index < -0.39 is 0 Å². The van der Waals surface area contributed by atoms with E-state index >= 15 is 0 Å². The summed E-state index contributed by atoms with van der Waals surface area (Å²) in [4.78, 5) is 16.3. The van der Waals surface area contributed by atoms with E-state index in [2.05, 4.69) is 10.3 Å². The van der Waals surface area contributed by atoms with E-state index in [4.69, 9.17) is 5.73 Å². The van der Waals surface area contributed by atoms with Gasteiger partial charge in [0.2, 0.25) is 0 Å². The summed E-state index contributed by atoms with van der Waals surface area (Å²) >= 11 is 0. The second kappa shape index (κ2) is 5.73. The molecule has 0 aliphatic rings. The van der Waals surface area contributed by atoms with Gasteiger partial charge in [0.15, 0.2) is 0 Å². The van der Waals surface area contributed by atoms with Crippen molar-refractivity contribution in [3.8, 4) is 0 Å². The van der Waals surface area contributed by atoms with Gasteiger partial charge in [-0.1, -0.05) is 36.4 Å². The van der Waals surface area contributed by atoms with E-state index in [1.54, 1.807) is 12.3 Å². The number of anilines is 1. The molecule has 0 fully saturated rings.